The van der Waals surface area contributed by atoms with E-state index in [1.807, 2.05) is 12.1 Å². The van der Waals surface area contributed by atoms with Gasteiger partial charge in [0, 0.05) is 8.59 Å². The second-order valence-electron chi connectivity index (χ2n) is 3.09. The quantitative estimate of drug-likeness (QED) is 0.649. The molecule has 0 bridgehead atoms. The van der Waals surface area contributed by atoms with E-state index in [4.69, 9.17) is 11.6 Å². The summed E-state index contributed by atoms with van der Waals surface area (Å²) in [6, 6.07) is 10.0. The standard InChI is InChI=1S/C11H7ClFIN2/c12-7-4-5-9(8(14)6-7)15-11-3-1-2-10(13)16-11/h1-6H,(H,15,16). The van der Waals surface area contributed by atoms with Crippen LogP contribution in [-0.2, 0) is 0 Å². The molecule has 1 N–H and O–H groups in total. The Labute approximate surface area is 111 Å². The van der Waals surface area contributed by atoms with Crippen molar-refractivity contribution >= 4 is 45.7 Å². The highest BCUT2D eigenvalue weighted by atomic mass is 127. The van der Waals surface area contributed by atoms with Crippen LogP contribution in [0.25, 0.3) is 0 Å². The lowest BCUT2D eigenvalue weighted by molar-refractivity contribution is 0.585. The van der Waals surface area contributed by atoms with Gasteiger partial charge in [0.25, 0.3) is 0 Å². The molecule has 5 heteroatoms. The van der Waals surface area contributed by atoms with E-state index in [0.29, 0.717) is 10.8 Å². The zero-order valence-electron chi connectivity index (χ0n) is 8.05. The maximum absolute atomic E-state index is 12.9. The molecule has 82 valence electrons. The summed E-state index contributed by atoms with van der Waals surface area (Å²) in [4.78, 5) is 3.72. The van der Waals surface area contributed by atoms with E-state index in [0.717, 1.165) is 9.26 Å². The molecule has 0 fully saturated rings. The Bertz CT molecular complexity index is 519. The van der Waals surface area contributed by atoms with Crippen LogP contribution in [0.4, 0.5) is 15.9 Å². The maximum atomic E-state index is 12.9. The van der Waals surface area contributed by atoms with Crippen molar-refractivity contribution in [2.24, 2.45) is 0 Å². The molecule has 1 heterocycles. The molecule has 0 aliphatic carbocycles. The molecule has 0 spiro atoms. The third kappa shape index (κ3) is 2.82. The Hall–Kier alpha value is -0.880. The van der Waals surface area contributed by atoms with Gasteiger partial charge in [-0.3, -0.25) is 0 Å². The first-order valence-electron chi connectivity index (χ1n) is 4.50. The fraction of sp³-hybridized carbons (Fsp3) is 0. The molecule has 2 rings (SSSR count). The van der Waals surface area contributed by atoms with Gasteiger partial charge in [0.2, 0.25) is 5.95 Å². The second kappa shape index (κ2) is 4.97. The highest BCUT2D eigenvalue weighted by Gasteiger charge is 2.02. The van der Waals surface area contributed by atoms with Crippen molar-refractivity contribution in [3.63, 3.8) is 0 Å². The van der Waals surface area contributed by atoms with Crippen LogP contribution in [-0.4, -0.2) is 4.98 Å². The van der Waals surface area contributed by atoms with Gasteiger partial charge in [0.1, 0.15) is 5.82 Å². The molecule has 16 heavy (non-hydrogen) atoms. The van der Waals surface area contributed by atoms with E-state index in [1.165, 1.54) is 6.07 Å². The van der Waals surface area contributed by atoms with Gasteiger partial charge in [-0.25, -0.2) is 4.98 Å². The van der Waals surface area contributed by atoms with Crippen LogP contribution in [0.1, 0.15) is 0 Å². The van der Waals surface area contributed by atoms with Gasteiger partial charge >= 0.3 is 0 Å². The predicted octanol–water partition coefficient (Wildman–Crippen LogP) is 4.22. The topological polar surface area (TPSA) is 24.9 Å². The third-order valence-electron chi connectivity index (χ3n) is 1.91. The van der Waals surface area contributed by atoms with Crippen molar-refractivity contribution in [2.75, 3.05) is 5.32 Å². The zero-order valence-corrected chi connectivity index (χ0v) is 11.0. The molecule has 0 radical (unpaired) electrons. The number of halogens is 3. The van der Waals surface area contributed by atoms with E-state index in [9.17, 15) is 4.39 Å². The van der Waals surface area contributed by atoms with Gasteiger partial charge < -0.3 is 5.32 Å². The van der Waals surface area contributed by atoms with E-state index in [1.54, 1.807) is 18.2 Å². The van der Waals surface area contributed by atoms with Crippen LogP contribution < -0.4 is 5.32 Å². The number of nitrogens with zero attached hydrogens (tertiary/aromatic N) is 1. The number of hydrogen-bond acceptors (Lipinski definition) is 2. The van der Waals surface area contributed by atoms with Gasteiger partial charge in [0.05, 0.1) is 5.69 Å². The largest absolute Gasteiger partial charge is 0.339 e. The first-order chi connectivity index (χ1) is 7.65. The van der Waals surface area contributed by atoms with Crippen LogP contribution in [0.5, 0.6) is 0 Å². The Morgan fingerprint density at radius 2 is 2.06 bits per heavy atom. The minimum Gasteiger partial charge on any atom is -0.339 e. The van der Waals surface area contributed by atoms with Crippen molar-refractivity contribution in [3.05, 3.63) is 50.9 Å². The molecular formula is C11H7ClFIN2. The van der Waals surface area contributed by atoms with Gasteiger partial charge in [-0.15, -0.1) is 0 Å². The summed E-state index contributed by atoms with van der Waals surface area (Å²) in [5.74, 6) is -0.0331. The van der Waals surface area contributed by atoms with E-state index >= 15 is 0 Å². The lowest BCUT2D eigenvalue weighted by Gasteiger charge is -2.07. The average Bonchev–Trinajstić information content (AvgIpc) is 2.22. The number of nitrogens with one attached hydrogen (secondary N) is 1. The SMILES string of the molecule is Fc1cccc(Nc2ccc(Cl)cc2I)n1. The van der Waals surface area contributed by atoms with Crippen molar-refractivity contribution in [1.82, 2.24) is 4.98 Å². The number of hydrogen-bond donors (Lipinski definition) is 1. The van der Waals surface area contributed by atoms with Gasteiger partial charge in [-0.05, 0) is 52.9 Å². The zero-order chi connectivity index (χ0) is 11.5. The smallest absolute Gasteiger partial charge is 0.214 e. The van der Waals surface area contributed by atoms with Crippen LogP contribution in [0.2, 0.25) is 5.02 Å². The Morgan fingerprint density at radius 3 is 2.75 bits per heavy atom. The first kappa shape index (κ1) is 11.6. The number of benzene rings is 1. The molecule has 2 nitrogen and oxygen atoms in total. The lowest BCUT2D eigenvalue weighted by Crippen LogP contribution is -1.96. The summed E-state index contributed by atoms with van der Waals surface area (Å²) >= 11 is 7.99. The molecule has 1 aromatic carbocycles. The minimum absolute atomic E-state index is 0.472. The number of pyridine rings is 1. The molecule has 0 aliphatic heterocycles. The van der Waals surface area contributed by atoms with E-state index in [2.05, 4.69) is 32.9 Å². The summed E-state index contributed by atoms with van der Waals surface area (Å²) in [7, 11) is 0. The molecule has 0 aliphatic rings. The van der Waals surface area contributed by atoms with Crippen molar-refractivity contribution < 1.29 is 4.39 Å². The van der Waals surface area contributed by atoms with Crippen LogP contribution >= 0.6 is 34.2 Å². The van der Waals surface area contributed by atoms with Gasteiger partial charge in [-0.1, -0.05) is 17.7 Å². The van der Waals surface area contributed by atoms with Crippen LogP contribution in [0.3, 0.4) is 0 Å². The molecule has 2 aromatic rings. The highest BCUT2D eigenvalue weighted by molar-refractivity contribution is 14.1. The Balaban J connectivity index is 2.27. The van der Waals surface area contributed by atoms with Crippen molar-refractivity contribution in [2.45, 2.75) is 0 Å². The monoisotopic (exact) mass is 348 g/mol. The second-order valence-corrected chi connectivity index (χ2v) is 4.69. The van der Waals surface area contributed by atoms with Crippen LogP contribution in [0, 0.1) is 9.52 Å². The summed E-state index contributed by atoms with van der Waals surface area (Å²) < 4.78 is 13.8. The number of rotatable bonds is 2. The molecule has 0 saturated carbocycles. The molecule has 0 unspecified atom stereocenters. The van der Waals surface area contributed by atoms with Gasteiger partial charge in [0.15, 0.2) is 0 Å². The molecule has 0 atom stereocenters. The molecule has 0 saturated heterocycles. The highest BCUT2D eigenvalue weighted by Crippen LogP contribution is 2.24. The Morgan fingerprint density at radius 1 is 1.25 bits per heavy atom. The Kier molecular flexibility index (Phi) is 3.60. The minimum atomic E-state index is -0.506. The first-order valence-corrected chi connectivity index (χ1v) is 5.95. The molecular weight excluding hydrogens is 341 g/mol. The lowest BCUT2D eigenvalue weighted by atomic mass is 10.3. The van der Waals surface area contributed by atoms with Crippen molar-refractivity contribution in [3.8, 4) is 0 Å². The fourth-order valence-corrected chi connectivity index (χ4v) is 2.21. The molecule has 0 amide bonds. The fourth-order valence-electron chi connectivity index (χ4n) is 1.21. The maximum Gasteiger partial charge on any atom is 0.214 e. The van der Waals surface area contributed by atoms with Crippen molar-refractivity contribution in [1.29, 1.82) is 0 Å². The van der Waals surface area contributed by atoms with Gasteiger partial charge in [-0.2, -0.15) is 4.39 Å². The van der Waals surface area contributed by atoms with Crippen LogP contribution in [0.15, 0.2) is 36.4 Å². The number of aromatic nitrogens is 1. The summed E-state index contributed by atoms with van der Waals surface area (Å²) in [5, 5.41) is 3.69. The summed E-state index contributed by atoms with van der Waals surface area (Å²) in [6.07, 6.45) is 0. The summed E-state index contributed by atoms with van der Waals surface area (Å²) in [5.41, 5.74) is 0.850. The predicted molar refractivity (Wildman–Crippen MR) is 71.6 cm³/mol. The van der Waals surface area contributed by atoms with E-state index in [-0.39, 0.29) is 0 Å². The third-order valence-corrected chi connectivity index (χ3v) is 3.04. The number of anilines is 2. The normalized spacial score (nSPS) is 10.2. The van der Waals surface area contributed by atoms with E-state index < -0.39 is 5.95 Å². The molecule has 1 aromatic heterocycles. The summed E-state index contributed by atoms with van der Waals surface area (Å²) in [6.45, 7) is 0. The average molecular weight is 349 g/mol.